The monoisotopic (exact) mass is 572 g/mol. The topological polar surface area (TPSA) is 118 Å². The van der Waals surface area contributed by atoms with E-state index < -0.39 is 28.1 Å². The number of carbonyl (C=O) groups is 2. The molecule has 40 heavy (non-hydrogen) atoms. The largest absolute Gasteiger partial charge is 0.493 e. The number of aryl methyl sites for hydroxylation is 1. The van der Waals surface area contributed by atoms with Gasteiger partial charge in [0, 0.05) is 51.0 Å². The van der Waals surface area contributed by atoms with Crippen LogP contribution in [-0.2, 0) is 19.6 Å². The number of ether oxygens (including phenoxy) is 3. The molecule has 0 spiro atoms. The predicted molar refractivity (Wildman–Crippen MR) is 149 cm³/mol. The highest BCUT2D eigenvalue weighted by molar-refractivity contribution is 7.89. The minimum absolute atomic E-state index is 0.158. The molecule has 1 saturated heterocycles. The molecule has 1 atom stereocenters. The molecule has 1 fully saturated rings. The first-order valence-corrected chi connectivity index (χ1v) is 14.5. The quantitative estimate of drug-likeness (QED) is 0.456. The van der Waals surface area contributed by atoms with Gasteiger partial charge in [0.05, 0.1) is 37.3 Å². The highest BCUT2D eigenvalue weighted by Crippen LogP contribution is 2.40. The standard InChI is InChI=1S/C28H36N4O7S/c1-6-39-27(33)24-22(30(3)28(34)29-25(24)21-8-7-9-23(37-4)26(21)38-5)18-31-14-16-32(17-15-31)40(35,36)20-12-10-19(2)11-13-20/h7-13,25H,6,14-18H2,1-5H3,(H,29,34). The van der Waals surface area contributed by atoms with Crippen molar-refractivity contribution >= 4 is 22.0 Å². The Morgan fingerprint density at radius 2 is 1.70 bits per heavy atom. The lowest BCUT2D eigenvalue weighted by Crippen LogP contribution is -2.53. The van der Waals surface area contributed by atoms with Crippen molar-refractivity contribution in [1.82, 2.24) is 19.4 Å². The molecule has 2 aromatic rings. The number of sulfonamides is 1. The van der Waals surface area contributed by atoms with Gasteiger partial charge in [-0.3, -0.25) is 9.80 Å². The lowest BCUT2D eigenvalue weighted by atomic mass is 9.93. The Hall–Kier alpha value is -3.61. The van der Waals surface area contributed by atoms with E-state index in [0.29, 0.717) is 35.8 Å². The van der Waals surface area contributed by atoms with Crippen LogP contribution >= 0.6 is 0 Å². The van der Waals surface area contributed by atoms with E-state index in [1.807, 2.05) is 11.8 Å². The number of hydrogen-bond acceptors (Lipinski definition) is 8. The highest BCUT2D eigenvalue weighted by atomic mass is 32.2. The maximum atomic E-state index is 13.4. The summed E-state index contributed by atoms with van der Waals surface area (Å²) in [6, 6.07) is 10.8. The van der Waals surface area contributed by atoms with Crippen molar-refractivity contribution in [2.24, 2.45) is 0 Å². The fraction of sp³-hybridized carbons (Fsp3) is 0.429. The summed E-state index contributed by atoms with van der Waals surface area (Å²) >= 11 is 0. The van der Waals surface area contributed by atoms with E-state index in [9.17, 15) is 18.0 Å². The van der Waals surface area contributed by atoms with Crippen LogP contribution in [0.5, 0.6) is 11.5 Å². The molecule has 2 amide bonds. The molecule has 0 radical (unpaired) electrons. The Morgan fingerprint density at radius 1 is 1.02 bits per heavy atom. The first kappa shape index (κ1) is 29.4. The molecule has 0 saturated carbocycles. The predicted octanol–water partition coefficient (Wildman–Crippen LogP) is 2.53. The number of piperazine rings is 1. The molecule has 216 valence electrons. The molecule has 2 heterocycles. The van der Waals surface area contributed by atoms with Gasteiger partial charge in [-0.15, -0.1) is 0 Å². The van der Waals surface area contributed by atoms with Crippen molar-refractivity contribution < 1.29 is 32.2 Å². The van der Waals surface area contributed by atoms with Crippen LogP contribution in [0, 0.1) is 6.92 Å². The zero-order chi connectivity index (χ0) is 29.0. The minimum Gasteiger partial charge on any atom is -0.493 e. The normalized spacial score (nSPS) is 18.9. The summed E-state index contributed by atoms with van der Waals surface area (Å²) < 4.78 is 44.3. The fourth-order valence-corrected chi connectivity index (χ4v) is 6.39. The Kier molecular flexibility index (Phi) is 9.02. The Balaban J connectivity index is 1.64. The number of nitrogens with one attached hydrogen (secondary N) is 1. The van der Waals surface area contributed by atoms with Gasteiger partial charge in [-0.1, -0.05) is 29.8 Å². The molecule has 4 rings (SSSR count). The molecular weight excluding hydrogens is 536 g/mol. The number of urea groups is 1. The van der Waals surface area contributed by atoms with E-state index in [2.05, 4.69) is 5.32 Å². The molecule has 12 heteroatoms. The third-order valence-corrected chi connectivity index (χ3v) is 9.09. The van der Waals surface area contributed by atoms with E-state index in [4.69, 9.17) is 14.2 Å². The van der Waals surface area contributed by atoms with E-state index >= 15 is 0 Å². The van der Waals surface area contributed by atoms with Crippen LogP contribution in [0.2, 0.25) is 0 Å². The molecule has 2 aromatic carbocycles. The second-order valence-corrected chi connectivity index (χ2v) is 11.5. The number of esters is 1. The van der Waals surface area contributed by atoms with Gasteiger partial charge in [0.1, 0.15) is 0 Å². The SMILES string of the molecule is CCOC(=O)C1=C(CN2CCN(S(=O)(=O)c3ccc(C)cc3)CC2)N(C)C(=O)NC1c1cccc(OC)c1OC. The number of rotatable bonds is 9. The minimum atomic E-state index is -3.63. The second kappa shape index (κ2) is 12.3. The van der Waals surface area contributed by atoms with Gasteiger partial charge in [-0.05, 0) is 32.0 Å². The Labute approximate surface area is 235 Å². The van der Waals surface area contributed by atoms with Crippen LogP contribution in [0.25, 0.3) is 0 Å². The summed E-state index contributed by atoms with van der Waals surface area (Å²) in [5.74, 6) is 0.305. The van der Waals surface area contributed by atoms with Crippen LogP contribution in [0.1, 0.15) is 24.1 Å². The summed E-state index contributed by atoms with van der Waals surface area (Å²) in [4.78, 5) is 30.2. The highest BCUT2D eigenvalue weighted by Gasteiger charge is 2.39. The van der Waals surface area contributed by atoms with Crippen molar-refractivity contribution in [1.29, 1.82) is 0 Å². The summed E-state index contributed by atoms with van der Waals surface area (Å²) in [6.45, 7) is 5.44. The lowest BCUT2D eigenvalue weighted by Gasteiger charge is -2.39. The average Bonchev–Trinajstić information content (AvgIpc) is 2.95. The van der Waals surface area contributed by atoms with Gasteiger partial charge in [-0.25, -0.2) is 18.0 Å². The summed E-state index contributed by atoms with van der Waals surface area (Å²) in [7, 11) is 0.985. The number of nitrogens with zero attached hydrogens (tertiary/aromatic N) is 3. The number of para-hydroxylation sites is 1. The molecule has 11 nitrogen and oxygen atoms in total. The van der Waals surface area contributed by atoms with Crippen LogP contribution in [0.4, 0.5) is 4.79 Å². The van der Waals surface area contributed by atoms with E-state index in [1.165, 1.54) is 23.4 Å². The molecular formula is C28H36N4O7S. The van der Waals surface area contributed by atoms with E-state index in [1.54, 1.807) is 56.4 Å². The molecule has 2 aliphatic rings. The van der Waals surface area contributed by atoms with E-state index in [0.717, 1.165) is 5.56 Å². The molecule has 1 unspecified atom stereocenters. The third-order valence-electron chi connectivity index (χ3n) is 7.18. The zero-order valence-corrected chi connectivity index (χ0v) is 24.3. The van der Waals surface area contributed by atoms with Crippen molar-refractivity contribution in [3.63, 3.8) is 0 Å². The number of hydrogen-bond donors (Lipinski definition) is 1. The Bertz CT molecular complexity index is 1380. The van der Waals surface area contributed by atoms with E-state index in [-0.39, 0.29) is 36.7 Å². The van der Waals surface area contributed by atoms with Gasteiger partial charge in [0.25, 0.3) is 0 Å². The van der Waals surface area contributed by atoms with Crippen molar-refractivity contribution in [2.75, 3.05) is 60.6 Å². The maximum absolute atomic E-state index is 13.4. The van der Waals surface area contributed by atoms with Gasteiger partial charge < -0.3 is 19.5 Å². The lowest BCUT2D eigenvalue weighted by molar-refractivity contribution is -0.139. The number of methoxy groups -OCH3 is 2. The summed E-state index contributed by atoms with van der Waals surface area (Å²) in [5, 5.41) is 2.90. The van der Waals surface area contributed by atoms with Crippen LogP contribution in [-0.4, -0.2) is 95.1 Å². The van der Waals surface area contributed by atoms with Crippen LogP contribution in [0.3, 0.4) is 0 Å². The number of likely N-dealkylation sites (N-methyl/N-ethyl adjacent to an activating group) is 1. The first-order valence-electron chi connectivity index (χ1n) is 13.1. The first-order chi connectivity index (χ1) is 19.1. The van der Waals surface area contributed by atoms with Gasteiger partial charge in [-0.2, -0.15) is 4.31 Å². The average molecular weight is 573 g/mol. The summed E-state index contributed by atoms with van der Waals surface area (Å²) in [5.41, 5.74) is 2.30. The van der Waals surface area contributed by atoms with Gasteiger partial charge in [0.15, 0.2) is 11.5 Å². The number of carbonyl (C=O) groups excluding carboxylic acids is 2. The summed E-state index contributed by atoms with van der Waals surface area (Å²) in [6.07, 6.45) is 0. The smallest absolute Gasteiger partial charge is 0.338 e. The zero-order valence-electron chi connectivity index (χ0n) is 23.5. The Morgan fingerprint density at radius 3 is 2.30 bits per heavy atom. The van der Waals surface area contributed by atoms with Crippen LogP contribution in [0.15, 0.2) is 58.6 Å². The van der Waals surface area contributed by atoms with Crippen LogP contribution < -0.4 is 14.8 Å². The third kappa shape index (κ3) is 5.79. The molecule has 0 aromatic heterocycles. The number of amides is 2. The fourth-order valence-electron chi connectivity index (χ4n) is 4.97. The van der Waals surface area contributed by atoms with Crippen molar-refractivity contribution in [3.05, 3.63) is 64.9 Å². The molecule has 0 aliphatic carbocycles. The van der Waals surface area contributed by atoms with Crippen molar-refractivity contribution in [2.45, 2.75) is 24.8 Å². The van der Waals surface area contributed by atoms with Gasteiger partial charge in [0.2, 0.25) is 10.0 Å². The molecule has 0 bridgehead atoms. The molecule has 2 aliphatic heterocycles. The van der Waals surface area contributed by atoms with Crippen molar-refractivity contribution in [3.8, 4) is 11.5 Å². The maximum Gasteiger partial charge on any atom is 0.338 e. The second-order valence-electron chi connectivity index (χ2n) is 9.60. The molecule has 1 N–H and O–H groups in total. The van der Waals surface area contributed by atoms with Gasteiger partial charge >= 0.3 is 12.0 Å². The number of benzene rings is 2.